The predicted molar refractivity (Wildman–Crippen MR) is 121 cm³/mol. The molecule has 0 bridgehead atoms. The quantitative estimate of drug-likeness (QED) is 0.469. The molecule has 0 saturated carbocycles. The number of carbonyl (C=O) groups is 1. The number of rotatable bonds is 10. The Bertz CT molecular complexity index is 927. The Morgan fingerprint density at radius 2 is 1.67 bits per heavy atom. The summed E-state index contributed by atoms with van der Waals surface area (Å²) < 4.78 is 11.6. The molecule has 1 unspecified atom stereocenters. The van der Waals surface area contributed by atoms with Crippen molar-refractivity contribution in [3.63, 3.8) is 0 Å². The van der Waals surface area contributed by atoms with Crippen LogP contribution in [0.15, 0.2) is 78.9 Å². The Balaban J connectivity index is 1.46. The van der Waals surface area contributed by atoms with Gasteiger partial charge in [0.1, 0.15) is 18.1 Å². The van der Waals surface area contributed by atoms with Crippen molar-refractivity contribution >= 4 is 17.3 Å². The first-order chi connectivity index (χ1) is 14.6. The first kappa shape index (κ1) is 21.2. The number of anilines is 2. The van der Waals surface area contributed by atoms with Gasteiger partial charge < -0.3 is 20.1 Å². The van der Waals surface area contributed by atoms with Crippen LogP contribution in [0.2, 0.25) is 0 Å². The highest BCUT2D eigenvalue weighted by Crippen LogP contribution is 2.19. The van der Waals surface area contributed by atoms with Crippen LogP contribution in [0.25, 0.3) is 0 Å². The van der Waals surface area contributed by atoms with E-state index in [0.717, 1.165) is 34.9 Å². The Morgan fingerprint density at radius 3 is 2.40 bits per heavy atom. The van der Waals surface area contributed by atoms with Gasteiger partial charge in [-0.25, -0.2) is 0 Å². The highest BCUT2D eigenvalue weighted by Gasteiger charge is 2.05. The fourth-order valence-electron chi connectivity index (χ4n) is 2.76. The molecule has 5 nitrogen and oxygen atoms in total. The number of benzene rings is 3. The fourth-order valence-corrected chi connectivity index (χ4v) is 2.76. The lowest BCUT2D eigenvalue weighted by atomic mass is 10.2. The van der Waals surface area contributed by atoms with E-state index in [2.05, 4.69) is 17.6 Å². The van der Waals surface area contributed by atoms with Crippen LogP contribution in [0.1, 0.15) is 25.8 Å². The molecular formula is C25H28N2O3. The van der Waals surface area contributed by atoms with Gasteiger partial charge in [-0.15, -0.1) is 0 Å². The van der Waals surface area contributed by atoms with Gasteiger partial charge in [-0.2, -0.15) is 0 Å². The highest BCUT2D eigenvalue weighted by molar-refractivity contribution is 5.93. The molecule has 3 aromatic carbocycles. The second-order valence-electron chi connectivity index (χ2n) is 7.06. The van der Waals surface area contributed by atoms with Gasteiger partial charge in [0, 0.05) is 17.4 Å². The summed E-state index contributed by atoms with van der Waals surface area (Å²) in [5.41, 5.74) is 2.67. The summed E-state index contributed by atoms with van der Waals surface area (Å²) in [5, 5.41) is 6.01. The summed E-state index contributed by atoms with van der Waals surface area (Å²) in [6.45, 7) is 4.77. The van der Waals surface area contributed by atoms with Crippen LogP contribution in [-0.2, 0) is 11.4 Å². The summed E-state index contributed by atoms with van der Waals surface area (Å²) in [6.07, 6.45) is 1.12. The van der Waals surface area contributed by atoms with Crippen molar-refractivity contribution in [2.24, 2.45) is 0 Å². The molecule has 0 aliphatic carbocycles. The Morgan fingerprint density at radius 1 is 0.900 bits per heavy atom. The summed E-state index contributed by atoms with van der Waals surface area (Å²) >= 11 is 0. The molecule has 0 aliphatic rings. The summed E-state index contributed by atoms with van der Waals surface area (Å²) in [7, 11) is 0. The van der Waals surface area contributed by atoms with Crippen LogP contribution in [0.5, 0.6) is 11.5 Å². The zero-order valence-corrected chi connectivity index (χ0v) is 17.4. The normalized spacial score (nSPS) is 11.4. The van der Waals surface area contributed by atoms with Crippen molar-refractivity contribution in [2.75, 3.05) is 17.2 Å². The van der Waals surface area contributed by atoms with Gasteiger partial charge in [-0.05, 0) is 55.3 Å². The van der Waals surface area contributed by atoms with Gasteiger partial charge in [-0.1, -0.05) is 43.3 Å². The maximum absolute atomic E-state index is 12.3. The van der Waals surface area contributed by atoms with Gasteiger partial charge in [-0.3, -0.25) is 4.79 Å². The predicted octanol–water partition coefficient (Wildman–Crippen LogP) is 5.49. The molecular weight excluding hydrogens is 376 g/mol. The largest absolute Gasteiger partial charge is 0.491 e. The number of hydrogen-bond acceptors (Lipinski definition) is 4. The van der Waals surface area contributed by atoms with E-state index >= 15 is 0 Å². The molecule has 3 aromatic rings. The molecule has 156 valence electrons. The maximum Gasteiger partial charge on any atom is 0.243 e. The van der Waals surface area contributed by atoms with Gasteiger partial charge in [0.25, 0.3) is 0 Å². The molecule has 0 heterocycles. The Labute approximate surface area is 178 Å². The van der Waals surface area contributed by atoms with Crippen LogP contribution < -0.4 is 20.1 Å². The van der Waals surface area contributed by atoms with Gasteiger partial charge in [0.2, 0.25) is 5.91 Å². The van der Waals surface area contributed by atoms with Gasteiger partial charge in [0.05, 0.1) is 12.6 Å². The van der Waals surface area contributed by atoms with Crippen molar-refractivity contribution in [1.29, 1.82) is 0 Å². The van der Waals surface area contributed by atoms with Gasteiger partial charge >= 0.3 is 0 Å². The van der Waals surface area contributed by atoms with Gasteiger partial charge in [0.15, 0.2) is 0 Å². The van der Waals surface area contributed by atoms with Crippen LogP contribution in [-0.4, -0.2) is 18.6 Å². The number of carbonyl (C=O) groups excluding carboxylic acids is 1. The lowest BCUT2D eigenvalue weighted by molar-refractivity contribution is -0.114. The lowest BCUT2D eigenvalue weighted by Gasteiger charge is -2.13. The topological polar surface area (TPSA) is 59.6 Å². The van der Waals surface area contributed by atoms with Crippen LogP contribution in [0.4, 0.5) is 11.4 Å². The second kappa shape index (κ2) is 10.9. The van der Waals surface area contributed by atoms with E-state index in [0.29, 0.717) is 6.61 Å². The molecule has 3 rings (SSSR count). The van der Waals surface area contributed by atoms with Crippen molar-refractivity contribution < 1.29 is 14.3 Å². The zero-order valence-electron chi connectivity index (χ0n) is 17.4. The molecule has 0 radical (unpaired) electrons. The molecule has 0 saturated heterocycles. The first-order valence-corrected chi connectivity index (χ1v) is 10.2. The molecule has 0 fully saturated rings. The molecule has 0 aromatic heterocycles. The first-order valence-electron chi connectivity index (χ1n) is 10.2. The van der Waals surface area contributed by atoms with E-state index in [4.69, 9.17) is 9.47 Å². The highest BCUT2D eigenvalue weighted by atomic mass is 16.5. The third-order valence-corrected chi connectivity index (χ3v) is 4.59. The van der Waals surface area contributed by atoms with E-state index in [-0.39, 0.29) is 18.6 Å². The van der Waals surface area contributed by atoms with E-state index in [1.807, 2.05) is 85.8 Å². The number of nitrogens with one attached hydrogen (secondary N) is 2. The maximum atomic E-state index is 12.3. The zero-order chi connectivity index (χ0) is 21.2. The van der Waals surface area contributed by atoms with Crippen molar-refractivity contribution in [3.8, 4) is 11.5 Å². The van der Waals surface area contributed by atoms with E-state index in [1.54, 1.807) is 0 Å². The minimum absolute atomic E-state index is 0.124. The average molecular weight is 405 g/mol. The molecule has 2 N–H and O–H groups in total. The smallest absolute Gasteiger partial charge is 0.243 e. The third kappa shape index (κ3) is 6.85. The average Bonchev–Trinajstić information content (AvgIpc) is 2.78. The molecule has 0 aliphatic heterocycles. The summed E-state index contributed by atoms with van der Waals surface area (Å²) in [6, 6.07) is 25.0. The van der Waals surface area contributed by atoms with Crippen molar-refractivity contribution in [2.45, 2.75) is 33.0 Å². The fraction of sp³-hybridized carbons (Fsp3) is 0.240. The van der Waals surface area contributed by atoms with E-state index in [1.165, 1.54) is 0 Å². The molecule has 0 spiro atoms. The SMILES string of the molecule is CCC(C)Oc1ccc(NC(=O)CNc2cccc(OCc3ccccc3)c2)cc1. The summed E-state index contributed by atoms with van der Waals surface area (Å²) in [4.78, 5) is 12.3. The second-order valence-corrected chi connectivity index (χ2v) is 7.06. The van der Waals surface area contributed by atoms with E-state index in [9.17, 15) is 4.79 Å². The number of hydrogen-bond donors (Lipinski definition) is 2. The lowest BCUT2D eigenvalue weighted by Crippen LogP contribution is -2.21. The Kier molecular flexibility index (Phi) is 7.72. The van der Waals surface area contributed by atoms with E-state index < -0.39 is 0 Å². The minimum Gasteiger partial charge on any atom is -0.491 e. The van der Waals surface area contributed by atoms with Crippen LogP contribution in [0.3, 0.4) is 0 Å². The Hall–Kier alpha value is -3.47. The van der Waals surface area contributed by atoms with Crippen LogP contribution >= 0.6 is 0 Å². The van der Waals surface area contributed by atoms with Crippen molar-refractivity contribution in [1.82, 2.24) is 0 Å². The molecule has 30 heavy (non-hydrogen) atoms. The number of ether oxygens (including phenoxy) is 2. The standard InChI is InChI=1S/C25H28N2O3/c1-3-19(2)30-23-14-12-21(13-15-23)27-25(28)17-26-22-10-7-11-24(16-22)29-18-20-8-5-4-6-9-20/h4-16,19,26H,3,17-18H2,1-2H3,(H,27,28). The molecule has 1 amide bonds. The minimum atomic E-state index is -0.124. The van der Waals surface area contributed by atoms with Crippen LogP contribution in [0, 0.1) is 0 Å². The number of amides is 1. The third-order valence-electron chi connectivity index (χ3n) is 4.59. The van der Waals surface area contributed by atoms with Crippen molar-refractivity contribution in [3.05, 3.63) is 84.4 Å². The molecule has 5 heteroatoms. The monoisotopic (exact) mass is 404 g/mol. The molecule has 1 atom stereocenters. The summed E-state index contributed by atoms with van der Waals surface area (Å²) in [5.74, 6) is 1.43.